The van der Waals surface area contributed by atoms with Crippen LogP contribution in [0.25, 0.3) is 0 Å². The number of halogens is 6. The van der Waals surface area contributed by atoms with Crippen molar-refractivity contribution in [3.05, 3.63) is 50.1 Å². The molecule has 138 valence electrons. The summed E-state index contributed by atoms with van der Waals surface area (Å²) in [5.74, 6) is 0. The van der Waals surface area contributed by atoms with E-state index in [1.54, 1.807) is 6.07 Å². The van der Waals surface area contributed by atoms with E-state index in [0.717, 1.165) is 20.3 Å². The van der Waals surface area contributed by atoms with Gasteiger partial charge in [0.1, 0.15) is 0 Å². The Bertz CT molecular complexity index is 452. The molecule has 1 saturated heterocycles. The van der Waals surface area contributed by atoms with E-state index >= 15 is 0 Å². The van der Waals surface area contributed by atoms with Gasteiger partial charge in [0.15, 0.2) is 0 Å². The van der Waals surface area contributed by atoms with Crippen molar-refractivity contribution in [1.29, 1.82) is 0 Å². The molecule has 1 aliphatic heterocycles. The summed E-state index contributed by atoms with van der Waals surface area (Å²) in [6, 6.07) is 12.0. The maximum atomic E-state index is 12.5. The summed E-state index contributed by atoms with van der Waals surface area (Å²) in [6.45, 7) is 10.1. The van der Waals surface area contributed by atoms with E-state index in [-0.39, 0.29) is 17.1 Å². The number of rotatable bonds is 0. The Kier molecular flexibility index (Phi) is 13.2. The molecule has 0 aliphatic carbocycles. The summed E-state index contributed by atoms with van der Waals surface area (Å²) >= 11 is 0. The average molecular weight is 408 g/mol. The van der Waals surface area contributed by atoms with Crippen LogP contribution in [0.5, 0.6) is 0 Å². The first-order chi connectivity index (χ1) is 11.0. The molecule has 25 heavy (non-hydrogen) atoms. The summed E-state index contributed by atoms with van der Waals surface area (Å²) in [5.41, 5.74) is -6.21. The summed E-state index contributed by atoms with van der Waals surface area (Å²) < 4.78 is 94.2. The van der Waals surface area contributed by atoms with Crippen LogP contribution in [-0.4, -0.2) is 24.6 Å². The second kappa shape index (κ2) is 11.5. The molecule has 0 unspecified atom stereocenters. The standard InChI is InChI=1S/C8H9F6O.C5H.2CO.Fe/c1-5(2)3-4-15-6(5,7(9,10)11)8(12,13)14;1-2-4-5-3-1;2*1-2;/h3H,4H2,1-2H3;1H;;;/q-1;-5;;;+6. The number of alkyl halides is 6. The van der Waals surface area contributed by atoms with Crippen molar-refractivity contribution in [2.24, 2.45) is 5.41 Å². The van der Waals surface area contributed by atoms with E-state index < -0.39 is 30.0 Å². The zero-order chi connectivity index (χ0) is 19.7. The minimum absolute atomic E-state index is 0. The Morgan fingerprint density at radius 3 is 1.40 bits per heavy atom. The van der Waals surface area contributed by atoms with Crippen LogP contribution in [-0.2, 0) is 31.1 Å². The van der Waals surface area contributed by atoms with Crippen molar-refractivity contribution >= 4 is 0 Å². The van der Waals surface area contributed by atoms with Gasteiger partial charge in [-0.1, -0.05) is 20.5 Å². The van der Waals surface area contributed by atoms with E-state index in [9.17, 15) is 26.3 Å². The van der Waals surface area contributed by atoms with Crippen LogP contribution < -0.4 is 0 Å². The monoisotopic (exact) mass is 408 g/mol. The van der Waals surface area contributed by atoms with Crippen molar-refractivity contribution < 1.29 is 57.5 Å². The Hall–Kier alpha value is -1.11. The number of ether oxygens (including phenoxy) is 1. The van der Waals surface area contributed by atoms with E-state index in [0.29, 0.717) is 0 Å². The Morgan fingerprint density at radius 1 is 0.920 bits per heavy atom. The van der Waals surface area contributed by atoms with Crippen LogP contribution in [0.1, 0.15) is 13.8 Å². The Balaban J connectivity index is -0.000000404. The van der Waals surface area contributed by atoms with Gasteiger partial charge in [0.05, 0.1) is 0 Å². The van der Waals surface area contributed by atoms with Crippen LogP contribution in [0.2, 0.25) is 0 Å². The molecule has 10 heteroatoms. The van der Waals surface area contributed by atoms with Gasteiger partial charge in [-0.3, -0.25) is 6.42 Å². The van der Waals surface area contributed by atoms with Crippen molar-refractivity contribution in [2.75, 3.05) is 6.61 Å². The summed E-state index contributed by atoms with van der Waals surface area (Å²) in [4.78, 5) is 0. The smallest absolute Gasteiger partial charge is 0.999 e. The van der Waals surface area contributed by atoms with E-state index in [4.69, 9.17) is 9.30 Å². The van der Waals surface area contributed by atoms with Crippen molar-refractivity contribution in [3.8, 4) is 0 Å². The molecule has 1 heterocycles. The molecule has 0 radical (unpaired) electrons. The average Bonchev–Trinajstić information content (AvgIpc) is 3.12. The molecule has 1 aliphatic rings. The summed E-state index contributed by atoms with van der Waals surface area (Å²) in [6.07, 6.45) is -10.1. The van der Waals surface area contributed by atoms with Gasteiger partial charge in [-0.15, -0.1) is 5.41 Å². The van der Waals surface area contributed by atoms with Gasteiger partial charge in [0.2, 0.25) is 5.60 Å². The van der Waals surface area contributed by atoms with Crippen LogP contribution in [0.15, 0.2) is 6.07 Å². The molecule has 1 fully saturated rings. The first-order valence-corrected chi connectivity index (χ1v) is 5.81. The number of hydrogen-bond acceptors (Lipinski definition) is 1. The van der Waals surface area contributed by atoms with Gasteiger partial charge < -0.3 is 35.1 Å². The quantitative estimate of drug-likeness (QED) is 0.280. The van der Waals surface area contributed by atoms with E-state index in [1.807, 2.05) is 0 Å². The fourth-order valence-corrected chi connectivity index (χ4v) is 1.94. The molecule has 0 amide bonds. The summed E-state index contributed by atoms with van der Waals surface area (Å²) in [7, 11) is 0. The maximum absolute atomic E-state index is 12.5. The van der Waals surface area contributed by atoms with Crippen LogP contribution >= 0.6 is 0 Å². The SMILES string of the molecule is CC1(C)[CH-]COC1(C(F)(F)F)C(F)(F)F.[C-]#[O+].[C-]#[O+].[Fe+6].[c-]1[c-][c-][cH-][c-]1. The van der Waals surface area contributed by atoms with Crippen molar-refractivity contribution in [1.82, 2.24) is 0 Å². The van der Waals surface area contributed by atoms with E-state index in [1.165, 1.54) is 0 Å². The molecule has 0 N–H and O–H groups in total. The third kappa shape index (κ3) is 6.60. The van der Waals surface area contributed by atoms with Crippen LogP contribution in [0.4, 0.5) is 26.3 Å². The predicted molar refractivity (Wildman–Crippen MR) is 64.1 cm³/mol. The first kappa shape index (κ1) is 28.7. The van der Waals surface area contributed by atoms with E-state index in [2.05, 4.69) is 42.3 Å². The molecule has 0 aromatic heterocycles. The Labute approximate surface area is 152 Å². The number of hydrogen-bond donors (Lipinski definition) is 0. The molecule has 0 saturated carbocycles. The van der Waals surface area contributed by atoms with Crippen molar-refractivity contribution in [3.63, 3.8) is 0 Å². The minimum Gasteiger partial charge on any atom is -0.999 e. The molecular formula is C15H10F6FeO3. The third-order valence-electron chi connectivity index (χ3n) is 2.95. The largest absolute Gasteiger partial charge is 6.00 e. The maximum Gasteiger partial charge on any atom is 6.00 e. The first-order valence-electron chi connectivity index (χ1n) is 5.81. The molecule has 0 spiro atoms. The van der Waals surface area contributed by atoms with Crippen molar-refractivity contribution in [2.45, 2.75) is 31.8 Å². The molecule has 0 atom stereocenters. The second-order valence-corrected chi connectivity index (χ2v) is 4.60. The molecule has 1 aromatic carbocycles. The zero-order valence-electron chi connectivity index (χ0n) is 12.7. The van der Waals surface area contributed by atoms with Gasteiger partial charge in [-0.2, -0.15) is 26.3 Å². The molecule has 2 rings (SSSR count). The fraction of sp³-hybridized carbons (Fsp3) is 0.467. The minimum atomic E-state index is -5.48. The van der Waals surface area contributed by atoms with Gasteiger partial charge in [-0.05, 0) is 0 Å². The van der Waals surface area contributed by atoms with Crippen LogP contribution in [0, 0.1) is 49.4 Å². The normalized spacial score (nSPS) is 17.1. The Morgan fingerprint density at radius 2 is 1.28 bits per heavy atom. The molecule has 0 bridgehead atoms. The van der Waals surface area contributed by atoms with Gasteiger partial charge >= 0.3 is 52.0 Å². The predicted octanol–water partition coefficient (Wildman–Crippen LogP) is 3.64. The topological polar surface area (TPSA) is 49.0 Å². The molecule has 3 nitrogen and oxygen atoms in total. The van der Waals surface area contributed by atoms with Crippen LogP contribution in [0.3, 0.4) is 0 Å². The summed E-state index contributed by atoms with van der Waals surface area (Å²) in [5, 5.41) is 0. The third-order valence-corrected chi connectivity index (χ3v) is 2.95. The zero-order valence-corrected chi connectivity index (χ0v) is 13.8. The second-order valence-electron chi connectivity index (χ2n) is 4.60. The van der Waals surface area contributed by atoms with Gasteiger partial charge in [0, 0.05) is 0 Å². The van der Waals surface area contributed by atoms with Gasteiger partial charge in [0.25, 0.3) is 0 Å². The molecule has 1 aromatic rings. The fourth-order valence-electron chi connectivity index (χ4n) is 1.94. The molecular weight excluding hydrogens is 398 g/mol. The van der Waals surface area contributed by atoms with Gasteiger partial charge in [-0.25, -0.2) is 0 Å².